The van der Waals surface area contributed by atoms with Crippen LogP contribution in [-0.2, 0) is 20.4 Å². The molecule has 3 nitrogen and oxygen atoms in total. The van der Waals surface area contributed by atoms with E-state index in [2.05, 4.69) is 70.3 Å². The lowest BCUT2D eigenvalue weighted by molar-refractivity contribution is -0.146. The number of halogens is 1. The highest BCUT2D eigenvalue weighted by atomic mass is 19.1. The van der Waals surface area contributed by atoms with Crippen molar-refractivity contribution < 1.29 is 18.7 Å². The zero-order chi connectivity index (χ0) is 22.7. The van der Waals surface area contributed by atoms with E-state index < -0.39 is 12.1 Å². The minimum atomic E-state index is -1.79. The van der Waals surface area contributed by atoms with Crippen LogP contribution in [0.15, 0.2) is 36.4 Å². The van der Waals surface area contributed by atoms with E-state index >= 15 is 0 Å². The topological polar surface area (TPSA) is 35.5 Å². The minimum absolute atomic E-state index is 0.102. The van der Waals surface area contributed by atoms with Crippen molar-refractivity contribution in [3.8, 4) is 17.6 Å². The zero-order valence-corrected chi connectivity index (χ0v) is 19.1. The van der Waals surface area contributed by atoms with Crippen molar-refractivity contribution in [3.63, 3.8) is 0 Å². The molecule has 0 aliphatic carbocycles. The molecular formula is C26H31FO3. The maximum Gasteiger partial charge on any atom is 0.345 e. The zero-order valence-electron chi connectivity index (χ0n) is 19.1. The number of hydrogen-bond donors (Lipinski definition) is 0. The van der Waals surface area contributed by atoms with Crippen LogP contribution in [-0.4, -0.2) is 20.2 Å². The molecule has 2 rings (SSSR count). The summed E-state index contributed by atoms with van der Waals surface area (Å²) < 4.78 is 24.2. The molecule has 0 spiro atoms. The third kappa shape index (κ3) is 5.42. The summed E-state index contributed by atoms with van der Waals surface area (Å²) in [5, 5.41) is 0. The molecule has 0 saturated heterocycles. The Kier molecular flexibility index (Phi) is 6.98. The number of benzene rings is 2. The maximum absolute atomic E-state index is 14.0. The maximum atomic E-state index is 14.0. The molecule has 2 aromatic rings. The van der Waals surface area contributed by atoms with E-state index in [9.17, 15) is 9.18 Å². The predicted molar refractivity (Wildman–Crippen MR) is 119 cm³/mol. The third-order valence-corrected chi connectivity index (χ3v) is 4.87. The highest BCUT2D eigenvalue weighted by Gasteiger charge is 2.27. The van der Waals surface area contributed by atoms with Crippen LogP contribution >= 0.6 is 0 Å². The Morgan fingerprint density at radius 1 is 0.867 bits per heavy atom. The molecule has 1 unspecified atom stereocenters. The van der Waals surface area contributed by atoms with Gasteiger partial charge in [-0.1, -0.05) is 65.5 Å². The number of methoxy groups -OCH3 is 2. The average molecular weight is 411 g/mol. The van der Waals surface area contributed by atoms with Crippen molar-refractivity contribution in [2.24, 2.45) is 0 Å². The number of hydrogen-bond acceptors (Lipinski definition) is 3. The molecule has 0 aromatic heterocycles. The highest BCUT2D eigenvalue weighted by molar-refractivity contribution is 5.76. The molecule has 1 atom stereocenters. The molecule has 0 N–H and O–H groups in total. The number of ether oxygens (including phenoxy) is 2. The van der Waals surface area contributed by atoms with Crippen LogP contribution in [0.3, 0.4) is 0 Å². The Balaban J connectivity index is 2.47. The van der Waals surface area contributed by atoms with Gasteiger partial charge in [-0.15, -0.1) is 0 Å². The van der Waals surface area contributed by atoms with Crippen LogP contribution in [0.25, 0.3) is 0 Å². The molecule has 0 fully saturated rings. The third-order valence-electron chi connectivity index (χ3n) is 4.87. The van der Waals surface area contributed by atoms with E-state index in [1.54, 1.807) is 31.4 Å². The first-order chi connectivity index (χ1) is 13.9. The molecule has 0 bridgehead atoms. The first kappa shape index (κ1) is 23.5. The van der Waals surface area contributed by atoms with Gasteiger partial charge in [-0.05, 0) is 40.7 Å². The van der Waals surface area contributed by atoms with E-state index in [1.807, 2.05) is 0 Å². The Morgan fingerprint density at radius 3 is 1.73 bits per heavy atom. The lowest BCUT2D eigenvalue weighted by atomic mass is 9.78. The highest BCUT2D eigenvalue weighted by Crippen LogP contribution is 2.40. The Hall–Kier alpha value is -2.80. The predicted octanol–water partition coefficient (Wildman–Crippen LogP) is 5.87. The van der Waals surface area contributed by atoms with Crippen LogP contribution in [0.2, 0.25) is 0 Å². The van der Waals surface area contributed by atoms with E-state index in [-0.39, 0.29) is 16.4 Å². The summed E-state index contributed by atoms with van der Waals surface area (Å²) >= 11 is 0. The van der Waals surface area contributed by atoms with Crippen molar-refractivity contribution in [3.05, 3.63) is 64.2 Å². The Labute approximate surface area is 179 Å². The number of esters is 1. The molecular weight excluding hydrogens is 379 g/mol. The van der Waals surface area contributed by atoms with Gasteiger partial charge in [0.1, 0.15) is 5.75 Å². The van der Waals surface area contributed by atoms with Crippen LogP contribution in [0.5, 0.6) is 5.75 Å². The molecule has 0 heterocycles. The van der Waals surface area contributed by atoms with Crippen LogP contribution in [0.4, 0.5) is 4.39 Å². The first-order valence-electron chi connectivity index (χ1n) is 9.95. The summed E-state index contributed by atoms with van der Waals surface area (Å²) in [5.41, 5.74) is 3.89. The molecule has 160 valence electrons. The summed E-state index contributed by atoms with van der Waals surface area (Å²) in [5.74, 6) is 6.36. The number of carbonyl (C=O) groups is 1. The van der Waals surface area contributed by atoms with Gasteiger partial charge in [-0.3, -0.25) is 0 Å². The van der Waals surface area contributed by atoms with E-state index in [0.29, 0.717) is 0 Å². The fourth-order valence-electron chi connectivity index (χ4n) is 3.15. The fourth-order valence-corrected chi connectivity index (χ4v) is 3.15. The van der Waals surface area contributed by atoms with Crippen molar-refractivity contribution >= 4 is 5.97 Å². The van der Waals surface area contributed by atoms with Gasteiger partial charge < -0.3 is 9.47 Å². The smallest absolute Gasteiger partial charge is 0.345 e. The van der Waals surface area contributed by atoms with Gasteiger partial charge in [0.05, 0.1) is 14.2 Å². The van der Waals surface area contributed by atoms with Gasteiger partial charge in [0, 0.05) is 22.3 Å². The second-order valence-corrected chi connectivity index (χ2v) is 9.36. The first-order valence-corrected chi connectivity index (χ1v) is 9.95. The summed E-state index contributed by atoms with van der Waals surface area (Å²) in [7, 11) is 2.88. The van der Waals surface area contributed by atoms with Crippen LogP contribution in [0, 0.1) is 11.8 Å². The molecule has 0 aliphatic heterocycles. The minimum Gasteiger partial charge on any atom is -0.496 e. The van der Waals surface area contributed by atoms with Gasteiger partial charge in [0.2, 0.25) is 6.17 Å². The molecule has 0 aliphatic rings. The summed E-state index contributed by atoms with van der Waals surface area (Å²) in [6.45, 7) is 12.9. The summed E-state index contributed by atoms with van der Waals surface area (Å²) in [4.78, 5) is 11.4. The SMILES string of the molecule is COC(=O)C(F)c1ccc(C#Cc2cc(C(C)(C)C)c(OC)c(C(C)(C)C)c2)cc1. The lowest BCUT2D eigenvalue weighted by Gasteiger charge is -2.29. The Morgan fingerprint density at radius 2 is 1.33 bits per heavy atom. The van der Waals surface area contributed by atoms with E-state index in [4.69, 9.17) is 4.74 Å². The van der Waals surface area contributed by atoms with Gasteiger partial charge >= 0.3 is 5.97 Å². The molecule has 30 heavy (non-hydrogen) atoms. The number of carbonyl (C=O) groups excluding carboxylic acids is 1. The molecule has 4 heteroatoms. The average Bonchev–Trinajstić information content (AvgIpc) is 2.69. The van der Waals surface area contributed by atoms with Crippen LogP contribution < -0.4 is 4.74 Å². The van der Waals surface area contributed by atoms with Gasteiger partial charge in [-0.2, -0.15) is 0 Å². The van der Waals surface area contributed by atoms with Crippen molar-refractivity contribution in [2.45, 2.75) is 58.5 Å². The lowest BCUT2D eigenvalue weighted by Crippen LogP contribution is -2.19. The van der Waals surface area contributed by atoms with Crippen molar-refractivity contribution in [2.75, 3.05) is 14.2 Å². The Bertz CT molecular complexity index is 930. The summed E-state index contributed by atoms with van der Waals surface area (Å²) in [6, 6.07) is 10.7. The number of rotatable bonds is 3. The molecule has 0 amide bonds. The largest absolute Gasteiger partial charge is 0.496 e. The normalized spacial score (nSPS) is 12.6. The molecule has 2 aromatic carbocycles. The van der Waals surface area contributed by atoms with E-state index in [1.165, 1.54) is 7.11 Å². The van der Waals surface area contributed by atoms with Crippen molar-refractivity contribution in [1.29, 1.82) is 0 Å². The second kappa shape index (κ2) is 8.92. The standard InChI is InChI=1S/C26H31FO3/c1-25(2,3)20-15-18(16-21(23(20)29-7)26(4,5)6)10-9-17-11-13-19(14-12-17)22(27)24(28)30-8/h11-16,22H,1-8H3. The van der Waals surface area contributed by atoms with Crippen molar-refractivity contribution in [1.82, 2.24) is 0 Å². The molecule has 0 radical (unpaired) electrons. The van der Waals surface area contributed by atoms with Crippen LogP contribution in [0.1, 0.15) is 75.5 Å². The number of alkyl halides is 1. The quantitative estimate of drug-likeness (QED) is 0.469. The van der Waals surface area contributed by atoms with Gasteiger partial charge in [0.15, 0.2) is 0 Å². The second-order valence-electron chi connectivity index (χ2n) is 9.36. The van der Waals surface area contributed by atoms with Gasteiger partial charge in [0.25, 0.3) is 0 Å². The van der Waals surface area contributed by atoms with Gasteiger partial charge in [-0.25, -0.2) is 9.18 Å². The summed E-state index contributed by atoms with van der Waals surface area (Å²) in [6.07, 6.45) is -1.79. The van der Waals surface area contributed by atoms with E-state index in [0.717, 1.165) is 28.0 Å². The fraction of sp³-hybridized carbons (Fsp3) is 0.423. The molecule has 0 saturated carbocycles. The monoisotopic (exact) mass is 410 g/mol.